The summed E-state index contributed by atoms with van der Waals surface area (Å²) in [6.07, 6.45) is 3.60. The van der Waals surface area contributed by atoms with E-state index in [1.54, 1.807) is 6.20 Å². The smallest absolute Gasteiger partial charge is 0.679 e. The molecule has 0 saturated carbocycles. The first kappa shape index (κ1) is 18.5. The first-order valence-electron chi connectivity index (χ1n) is 3.47. The molecule has 0 amide bonds. The van der Waals surface area contributed by atoms with Gasteiger partial charge in [0.2, 0.25) is 0 Å². The molecule has 1 heterocycles. The Kier molecular flexibility index (Phi) is 20.2. The quantitative estimate of drug-likeness (QED) is 0.570. The minimum absolute atomic E-state index is 0. The van der Waals surface area contributed by atoms with Crippen LogP contribution in [0.5, 0.6) is 0 Å². The zero-order chi connectivity index (χ0) is 8.53. The van der Waals surface area contributed by atoms with Crippen LogP contribution < -0.4 is 0 Å². The predicted octanol–water partition coefficient (Wildman–Crippen LogP) is 2.93. The Balaban J connectivity index is -0.000000150. The van der Waals surface area contributed by atoms with Gasteiger partial charge < -0.3 is 18.9 Å². The van der Waals surface area contributed by atoms with Crippen LogP contribution in [0.15, 0.2) is 24.5 Å². The van der Waals surface area contributed by atoms with Gasteiger partial charge in [0.25, 0.3) is 0 Å². The number of nitrogens with one attached hydrogen (secondary N) is 2. The molecule has 0 saturated heterocycles. The number of hydrogen-bond acceptors (Lipinski definition) is 1. The summed E-state index contributed by atoms with van der Waals surface area (Å²) < 4.78 is 0. The maximum Gasteiger partial charge on any atom is 3.00 e. The van der Waals surface area contributed by atoms with Gasteiger partial charge in [-0.1, -0.05) is 6.07 Å². The van der Waals surface area contributed by atoms with E-state index in [1.165, 1.54) is 5.56 Å². The summed E-state index contributed by atoms with van der Waals surface area (Å²) in [6.45, 7) is 2.49. The van der Waals surface area contributed by atoms with E-state index in [0.717, 1.165) is 0 Å². The van der Waals surface area contributed by atoms with Crippen LogP contribution in [0.2, 0.25) is 0 Å². The van der Waals surface area contributed by atoms with E-state index in [9.17, 15) is 0 Å². The molecule has 1 rings (SSSR count). The first-order valence-corrected chi connectivity index (χ1v) is 3.47. The SMILES string of the molecule is Cc1cccnc1.[CH3-].[NH-]CC[NH-].[Ru+3]. The van der Waals surface area contributed by atoms with Crippen molar-refractivity contribution in [3.63, 3.8) is 0 Å². The number of aryl methyl sites for hydroxylation is 1. The Morgan fingerprint density at radius 1 is 1.31 bits per heavy atom. The molecule has 0 aromatic carbocycles. The minimum atomic E-state index is 0. The third-order valence-electron chi connectivity index (χ3n) is 0.934. The first-order chi connectivity index (χ1) is 5.31. The monoisotopic (exact) mass is 268 g/mol. The number of pyridine rings is 1. The van der Waals surface area contributed by atoms with Gasteiger partial charge in [0.15, 0.2) is 0 Å². The minimum Gasteiger partial charge on any atom is -0.679 e. The van der Waals surface area contributed by atoms with Gasteiger partial charge in [0.05, 0.1) is 0 Å². The van der Waals surface area contributed by atoms with Gasteiger partial charge in [-0.25, -0.2) is 0 Å². The second-order valence-electron chi connectivity index (χ2n) is 2.03. The van der Waals surface area contributed by atoms with Crippen molar-refractivity contribution >= 4 is 0 Å². The molecular formula is C9H16N3Ru. The second kappa shape index (κ2) is 14.2. The Morgan fingerprint density at radius 3 is 2.00 bits per heavy atom. The fourth-order valence-electron chi connectivity index (χ4n) is 0.448. The van der Waals surface area contributed by atoms with Crippen LogP contribution in [0, 0.1) is 14.4 Å². The molecule has 3 nitrogen and oxygen atoms in total. The van der Waals surface area contributed by atoms with Crippen LogP contribution in [-0.4, -0.2) is 18.1 Å². The zero-order valence-corrected chi connectivity index (χ0v) is 9.76. The van der Waals surface area contributed by atoms with Crippen molar-refractivity contribution in [1.82, 2.24) is 4.98 Å². The molecule has 0 unspecified atom stereocenters. The van der Waals surface area contributed by atoms with Gasteiger partial charge in [-0.15, -0.1) is 0 Å². The summed E-state index contributed by atoms with van der Waals surface area (Å²) in [5.41, 5.74) is 13.7. The van der Waals surface area contributed by atoms with Crippen LogP contribution in [0.25, 0.3) is 11.5 Å². The maximum atomic E-state index is 6.26. The molecule has 1 aromatic heterocycles. The van der Waals surface area contributed by atoms with Crippen LogP contribution in [-0.2, 0) is 19.5 Å². The Morgan fingerprint density at radius 2 is 1.85 bits per heavy atom. The van der Waals surface area contributed by atoms with Crippen LogP contribution in [0.3, 0.4) is 0 Å². The normalized spacial score (nSPS) is 7.00. The van der Waals surface area contributed by atoms with Crippen molar-refractivity contribution in [2.75, 3.05) is 13.1 Å². The van der Waals surface area contributed by atoms with Crippen molar-refractivity contribution in [2.45, 2.75) is 6.92 Å². The van der Waals surface area contributed by atoms with Gasteiger partial charge in [-0.2, -0.15) is 13.1 Å². The fraction of sp³-hybridized carbons (Fsp3) is 0.333. The third-order valence-corrected chi connectivity index (χ3v) is 0.934. The van der Waals surface area contributed by atoms with E-state index < -0.39 is 0 Å². The van der Waals surface area contributed by atoms with E-state index in [1.807, 2.05) is 25.3 Å². The summed E-state index contributed by atoms with van der Waals surface area (Å²) in [6, 6.07) is 3.95. The van der Waals surface area contributed by atoms with Crippen molar-refractivity contribution in [3.8, 4) is 0 Å². The van der Waals surface area contributed by atoms with Gasteiger partial charge >= 0.3 is 19.5 Å². The number of rotatable bonds is 1. The van der Waals surface area contributed by atoms with Gasteiger partial charge in [-0.05, 0) is 18.6 Å². The summed E-state index contributed by atoms with van der Waals surface area (Å²) in [7, 11) is 0. The maximum absolute atomic E-state index is 6.26. The molecule has 0 atom stereocenters. The fourth-order valence-corrected chi connectivity index (χ4v) is 0.448. The molecular weight excluding hydrogens is 251 g/mol. The van der Waals surface area contributed by atoms with Crippen molar-refractivity contribution in [1.29, 1.82) is 0 Å². The molecule has 13 heavy (non-hydrogen) atoms. The van der Waals surface area contributed by atoms with E-state index in [2.05, 4.69) is 4.98 Å². The summed E-state index contributed by atoms with van der Waals surface area (Å²) >= 11 is 0. The second-order valence-corrected chi connectivity index (χ2v) is 2.03. The molecule has 75 valence electrons. The average molecular weight is 267 g/mol. The predicted molar refractivity (Wildman–Crippen MR) is 53.8 cm³/mol. The van der Waals surface area contributed by atoms with Crippen molar-refractivity contribution in [2.24, 2.45) is 0 Å². The topological polar surface area (TPSA) is 60.5 Å². The Labute approximate surface area is 93.7 Å². The molecule has 1 aromatic rings. The van der Waals surface area contributed by atoms with Crippen molar-refractivity contribution < 1.29 is 19.5 Å². The van der Waals surface area contributed by atoms with Crippen LogP contribution in [0.1, 0.15) is 5.56 Å². The largest absolute Gasteiger partial charge is 3.00 e. The molecule has 2 N–H and O–H groups in total. The number of aromatic nitrogens is 1. The van der Waals surface area contributed by atoms with E-state index in [4.69, 9.17) is 11.5 Å². The Bertz CT molecular complexity index is 166. The summed E-state index contributed by atoms with van der Waals surface area (Å²) in [5, 5.41) is 0. The molecule has 0 bridgehead atoms. The van der Waals surface area contributed by atoms with E-state index in [0.29, 0.717) is 0 Å². The molecule has 0 fully saturated rings. The Hall–Kier alpha value is -0.307. The number of nitrogens with zero attached hydrogens (tertiary/aromatic N) is 1. The van der Waals surface area contributed by atoms with E-state index >= 15 is 0 Å². The average Bonchev–Trinajstić information content (AvgIpc) is 2.07. The van der Waals surface area contributed by atoms with E-state index in [-0.39, 0.29) is 40.0 Å². The number of hydrogen-bond donors (Lipinski definition) is 0. The molecule has 0 aliphatic rings. The molecule has 0 spiro atoms. The van der Waals surface area contributed by atoms with Crippen molar-refractivity contribution in [3.05, 3.63) is 49.0 Å². The zero-order valence-electron chi connectivity index (χ0n) is 8.02. The van der Waals surface area contributed by atoms with Crippen LogP contribution in [0.4, 0.5) is 0 Å². The standard InChI is InChI=1S/C6H7N.C2H6N2.CH3.Ru/c1-6-3-2-4-7-5-6;3-1-2-4;;/h2-5H,1H3;3-4H,1-2H2;1H3;/q;-2;-1;+3. The summed E-state index contributed by atoms with van der Waals surface area (Å²) in [4.78, 5) is 3.88. The van der Waals surface area contributed by atoms with Gasteiger partial charge in [0.1, 0.15) is 0 Å². The summed E-state index contributed by atoms with van der Waals surface area (Å²) in [5.74, 6) is 0. The third kappa shape index (κ3) is 14.5. The molecule has 1 radical (unpaired) electrons. The van der Waals surface area contributed by atoms with Crippen LogP contribution >= 0.6 is 0 Å². The molecule has 4 heteroatoms. The molecule has 0 aliphatic heterocycles. The van der Waals surface area contributed by atoms with Gasteiger partial charge in [-0.3, -0.25) is 4.98 Å². The molecule has 0 aliphatic carbocycles. The van der Waals surface area contributed by atoms with Gasteiger partial charge in [0, 0.05) is 12.4 Å².